The maximum absolute atomic E-state index is 12.8. The van der Waals surface area contributed by atoms with E-state index in [1.807, 2.05) is 43.3 Å². The van der Waals surface area contributed by atoms with Crippen molar-refractivity contribution in [1.82, 2.24) is 9.62 Å². The van der Waals surface area contributed by atoms with E-state index < -0.39 is 10.0 Å². The first-order chi connectivity index (χ1) is 12.5. The number of hydrogen-bond donors (Lipinski definition) is 1. The summed E-state index contributed by atoms with van der Waals surface area (Å²) in [5, 5.41) is 1.69. The lowest BCUT2D eigenvalue weighted by molar-refractivity contribution is 0.0376. The van der Waals surface area contributed by atoms with Crippen LogP contribution in [0.2, 0.25) is 0 Å². The second kappa shape index (κ2) is 8.35. The first-order valence-corrected chi connectivity index (χ1v) is 10.5. The number of morpholine rings is 1. The molecule has 6 nitrogen and oxygen atoms in total. The molecule has 142 valence electrons. The lowest BCUT2D eigenvalue weighted by atomic mass is 10.1. The average molecular weight is 378 g/mol. The van der Waals surface area contributed by atoms with Crippen molar-refractivity contribution in [3.05, 3.63) is 36.4 Å². The summed E-state index contributed by atoms with van der Waals surface area (Å²) < 4.78 is 33.7. The number of benzene rings is 2. The number of nitrogens with one attached hydrogen (secondary N) is 1. The standard InChI is InChI=1S/C19H27N3O3S/c1-21(2)18-8-3-7-17-16(18)6-4-9-19(17)26(23,24)20-10-5-11-22-12-14-25-15-13-22/h3-4,6-9,20H,5,10-15H2,1-2H3. The molecule has 1 aliphatic heterocycles. The zero-order chi connectivity index (χ0) is 18.6. The quantitative estimate of drug-likeness (QED) is 0.747. The first kappa shape index (κ1) is 19.1. The molecule has 0 bridgehead atoms. The van der Waals surface area contributed by atoms with Crippen LogP contribution in [0.1, 0.15) is 6.42 Å². The molecule has 0 unspecified atom stereocenters. The Hall–Kier alpha value is -1.67. The van der Waals surface area contributed by atoms with Gasteiger partial charge in [0.25, 0.3) is 0 Å². The highest BCUT2D eigenvalue weighted by Crippen LogP contribution is 2.30. The monoisotopic (exact) mass is 377 g/mol. The number of nitrogens with zero attached hydrogens (tertiary/aromatic N) is 2. The maximum atomic E-state index is 12.8. The lowest BCUT2D eigenvalue weighted by Crippen LogP contribution is -2.38. The molecule has 0 aliphatic carbocycles. The molecule has 0 amide bonds. The van der Waals surface area contributed by atoms with Crippen LogP contribution >= 0.6 is 0 Å². The molecule has 7 heteroatoms. The number of sulfonamides is 1. The van der Waals surface area contributed by atoms with Crippen LogP contribution in [-0.4, -0.2) is 66.8 Å². The zero-order valence-corrected chi connectivity index (χ0v) is 16.3. The summed E-state index contributed by atoms with van der Waals surface area (Å²) in [6.07, 6.45) is 0.785. The summed E-state index contributed by atoms with van der Waals surface area (Å²) >= 11 is 0. The molecule has 1 heterocycles. The Balaban J connectivity index is 1.71. The van der Waals surface area contributed by atoms with Gasteiger partial charge in [-0.25, -0.2) is 13.1 Å². The van der Waals surface area contributed by atoms with E-state index in [0.29, 0.717) is 11.4 Å². The molecule has 1 saturated heterocycles. The second-order valence-corrected chi connectivity index (χ2v) is 8.46. The minimum Gasteiger partial charge on any atom is -0.379 e. The van der Waals surface area contributed by atoms with Crippen molar-refractivity contribution in [2.75, 3.05) is 58.4 Å². The van der Waals surface area contributed by atoms with E-state index in [1.165, 1.54) is 0 Å². The predicted molar refractivity (Wildman–Crippen MR) is 105 cm³/mol. The van der Waals surface area contributed by atoms with Gasteiger partial charge in [0.2, 0.25) is 10.0 Å². The van der Waals surface area contributed by atoms with E-state index in [1.54, 1.807) is 12.1 Å². The van der Waals surface area contributed by atoms with Gasteiger partial charge >= 0.3 is 0 Å². The van der Waals surface area contributed by atoms with Crippen molar-refractivity contribution in [2.24, 2.45) is 0 Å². The fourth-order valence-electron chi connectivity index (χ4n) is 3.30. The van der Waals surface area contributed by atoms with E-state index in [2.05, 4.69) is 9.62 Å². The fourth-order valence-corrected chi connectivity index (χ4v) is 4.59. The Morgan fingerprint density at radius 2 is 1.77 bits per heavy atom. The molecule has 26 heavy (non-hydrogen) atoms. The van der Waals surface area contributed by atoms with Crippen molar-refractivity contribution in [3.63, 3.8) is 0 Å². The molecule has 0 spiro atoms. The topological polar surface area (TPSA) is 61.9 Å². The van der Waals surface area contributed by atoms with E-state index in [0.717, 1.165) is 55.7 Å². The van der Waals surface area contributed by atoms with Crippen molar-refractivity contribution in [1.29, 1.82) is 0 Å². The molecular weight excluding hydrogens is 350 g/mol. The Morgan fingerprint density at radius 1 is 1.08 bits per heavy atom. The van der Waals surface area contributed by atoms with Gasteiger partial charge < -0.3 is 9.64 Å². The average Bonchev–Trinajstić information content (AvgIpc) is 2.65. The molecule has 2 aromatic rings. The maximum Gasteiger partial charge on any atom is 0.241 e. The first-order valence-electron chi connectivity index (χ1n) is 8.98. The molecule has 1 aliphatic rings. The highest BCUT2D eigenvalue weighted by atomic mass is 32.2. The van der Waals surface area contributed by atoms with Crippen LogP contribution < -0.4 is 9.62 Å². The van der Waals surface area contributed by atoms with Crippen molar-refractivity contribution in [2.45, 2.75) is 11.3 Å². The molecular formula is C19H27N3O3S. The van der Waals surface area contributed by atoms with Gasteiger partial charge in [0.1, 0.15) is 0 Å². The van der Waals surface area contributed by atoms with Crippen LogP contribution in [0.25, 0.3) is 10.8 Å². The highest BCUT2D eigenvalue weighted by molar-refractivity contribution is 7.89. The number of hydrogen-bond acceptors (Lipinski definition) is 5. The number of rotatable bonds is 7. The van der Waals surface area contributed by atoms with Gasteiger partial charge in [-0.3, -0.25) is 4.90 Å². The summed E-state index contributed by atoms with van der Waals surface area (Å²) in [7, 11) is 0.372. The molecule has 2 aromatic carbocycles. The normalized spacial score (nSPS) is 16.1. The Bertz CT molecular complexity index is 846. The smallest absolute Gasteiger partial charge is 0.241 e. The lowest BCUT2D eigenvalue weighted by Gasteiger charge is -2.26. The van der Waals surface area contributed by atoms with E-state index in [9.17, 15) is 8.42 Å². The zero-order valence-electron chi connectivity index (χ0n) is 15.4. The van der Waals surface area contributed by atoms with Crippen LogP contribution in [-0.2, 0) is 14.8 Å². The van der Waals surface area contributed by atoms with Crippen molar-refractivity contribution < 1.29 is 13.2 Å². The third-order valence-electron chi connectivity index (χ3n) is 4.68. The number of anilines is 1. The highest BCUT2D eigenvalue weighted by Gasteiger charge is 2.18. The van der Waals surface area contributed by atoms with Crippen LogP contribution in [0.5, 0.6) is 0 Å². The van der Waals surface area contributed by atoms with Crippen molar-refractivity contribution in [3.8, 4) is 0 Å². The molecule has 0 saturated carbocycles. The predicted octanol–water partition coefficient (Wildman–Crippen LogP) is 1.91. The fraction of sp³-hybridized carbons (Fsp3) is 0.474. The minimum atomic E-state index is -3.54. The molecule has 1 N–H and O–H groups in total. The van der Waals surface area contributed by atoms with Gasteiger partial charge in [-0.2, -0.15) is 0 Å². The number of ether oxygens (including phenoxy) is 1. The molecule has 0 atom stereocenters. The van der Waals surface area contributed by atoms with Crippen LogP contribution in [0.4, 0.5) is 5.69 Å². The molecule has 3 rings (SSSR count). The van der Waals surface area contributed by atoms with E-state index in [4.69, 9.17) is 4.74 Å². The van der Waals surface area contributed by atoms with Gasteiger partial charge in [-0.05, 0) is 25.1 Å². The molecule has 1 fully saturated rings. The summed E-state index contributed by atoms with van der Waals surface area (Å²) in [6.45, 7) is 4.67. The summed E-state index contributed by atoms with van der Waals surface area (Å²) in [4.78, 5) is 4.64. The number of fused-ring (bicyclic) bond motifs is 1. The minimum absolute atomic E-state index is 0.338. The molecule has 0 aromatic heterocycles. The van der Waals surface area contributed by atoms with Crippen LogP contribution in [0, 0.1) is 0 Å². The van der Waals surface area contributed by atoms with Gasteiger partial charge in [-0.1, -0.05) is 24.3 Å². The third kappa shape index (κ3) is 4.35. The van der Waals surface area contributed by atoms with Gasteiger partial charge in [0.05, 0.1) is 18.1 Å². The van der Waals surface area contributed by atoms with Crippen LogP contribution in [0.3, 0.4) is 0 Å². The van der Waals surface area contributed by atoms with Gasteiger partial charge in [0.15, 0.2) is 0 Å². The second-order valence-electron chi connectivity index (χ2n) is 6.73. The summed E-state index contributed by atoms with van der Waals surface area (Å²) in [6, 6.07) is 11.2. The third-order valence-corrected chi connectivity index (χ3v) is 6.20. The van der Waals surface area contributed by atoms with Crippen LogP contribution in [0.15, 0.2) is 41.3 Å². The largest absolute Gasteiger partial charge is 0.379 e. The summed E-state index contributed by atoms with van der Waals surface area (Å²) in [5.74, 6) is 0. The Labute approximate surface area is 155 Å². The summed E-state index contributed by atoms with van der Waals surface area (Å²) in [5.41, 5.74) is 1.01. The Morgan fingerprint density at radius 3 is 2.50 bits per heavy atom. The van der Waals surface area contributed by atoms with Gasteiger partial charge in [-0.15, -0.1) is 0 Å². The van der Waals surface area contributed by atoms with Gasteiger partial charge in [0, 0.05) is 50.2 Å². The van der Waals surface area contributed by atoms with E-state index in [-0.39, 0.29) is 0 Å². The molecule has 0 radical (unpaired) electrons. The Kier molecular flexibility index (Phi) is 6.13. The van der Waals surface area contributed by atoms with E-state index >= 15 is 0 Å². The van der Waals surface area contributed by atoms with Crippen molar-refractivity contribution >= 4 is 26.5 Å². The SMILES string of the molecule is CN(C)c1cccc2c(S(=O)(=O)NCCCN3CCOCC3)cccc12.